The summed E-state index contributed by atoms with van der Waals surface area (Å²) in [6.07, 6.45) is 13.9. The number of aromatic nitrogens is 5. The third-order valence-corrected chi connectivity index (χ3v) is 13.4. The second-order valence-corrected chi connectivity index (χ2v) is 18.1. The average molecular weight is 876 g/mol. The zero-order valence-corrected chi connectivity index (χ0v) is 38.1. The van der Waals surface area contributed by atoms with E-state index in [-0.39, 0.29) is 34.8 Å². The number of rotatable bonds is 19. The third kappa shape index (κ3) is 11.3. The van der Waals surface area contributed by atoms with Gasteiger partial charge in [0.15, 0.2) is 10.9 Å². The number of carbonyl (C=O) groups is 3. The minimum atomic E-state index is -0.274. The highest BCUT2D eigenvalue weighted by molar-refractivity contribution is 7.15. The van der Waals surface area contributed by atoms with Crippen LogP contribution in [0.25, 0.3) is 11.0 Å². The quantitative estimate of drug-likeness (QED) is 0.0467. The molecule has 2 aliphatic rings. The Morgan fingerprint density at radius 2 is 1.56 bits per heavy atom. The monoisotopic (exact) mass is 875 g/mol. The van der Waals surface area contributed by atoms with E-state index in [1.807, 2.05) is 57.3 Å². The van der Waals surface area contributed by atoms with Crippen LogP contribution >= 0.6 is 11.3 Å². The number of benzene rings is 1. The molecule has 0 bridgehead atoms. The van der Waals surface area contributed by atoms with Gasteiger partial charge in [0.1, 0.15) is 11.5 Å². The Kier molecular flexibility index (Phi) is 15.2. The Morgan fingerprint density at radius 1 is 0.825 bits per heavy atom. The molecule has 0 unspecified atom stereocenters. The number of fused-ring (bicyclic) bond motifs is 1. The normalized spacial score (nSPS) is 14.6. The first-order valence-corrected chi connectivity index (χ1v) is 23.3. The fourth-order valence-corrected chi connectivity index (χ4v) is 9.48. The second-order valence-electron chi connectivity index (χ2n) is 16.9. The predicted molar refractivity (Wildman–Crippen MR) is 252 cm³/mol. The first-order chi connectivity index (χ1) is 30.5. The number of pyridine rings is 2. The summed E-state index contributed by atoms with van der Waals surface area (Å²) in [5, 5.41) is 14.1. The van der Waals surface area contributed by atoms with Crippen molar-refractivity contribution in [2.45, 2.75) is 105 Å². The molecule has 7 rings (SSSR count). The van der Waals surface area contributed by atoms with E-state index in [4.69, 9.17) is 4.98 Å². The van der Waals surface area contributed by atoms with Crippen LogP contribution in [-0.2, 0) is 4.79 Å². The number of amides is 2. The molecule has 15 nitrogen and oxygen atoms in total. The van der Waals surface area contributed by atoms with Crippen LogP contribution in [0.3, 0.4) is 0 Å². The van der Waals surface area contributed by atoms with Gasteiger partial charge in [-0.1, -0.05) is 44.6 Å². The van der Waals surface area contributed by atoms with Crippen molar-refractivity contribution in [1.29, 1.82) is 0 Å². The molecular formula is C47H61N11O4S. The standard InChI is InChI=1S/C47H61N11O4S/c1-30-37(44(61)55-47-52-32(3)34(5)63-47)17-14-18-39(30)48-21-12-8-6-7-9-13-22-49-41(60)29-56-23-25-57(26-24-56)36-19-20-40(50-27-36)53-46-51-28-38-31(2)42(33(4)59)45(62)58(43(38)54-46)35-15-10-11-16-35/h14,17-20,27-28,35,48H,6-13,15-16,21-26,29H2,1-5H3,(H,49,60)(H,52,55,61)(H,50,51,53,54). The van der Waals surface area contributed by atoms with E-state index >= 15 is 0 Å². The van der Waals surface area contributed by atoms with Crippen LogP contribution in [0.4, 0.5) is 28.3 Å². The van der Waals surface area contributed by atoms with Gasteiger partial charge in [-0.25, -0.2) is 15.0 Å². The van der Waals surface area contributed by atoms with Crippen molar-refractivity contribution < 1.29 is 14.4 Å². The van der Waals surface area contributed by atoms with E-state index in [0.717, 1.165) is 124 Å². The first-order valence-electron chi connectivity index (χ1n) is 22.5. The number of hydrogen-bond acceptors (Lipinski definition) is 13. The Morgan fingerprint density at radius 3 is 2.24 bits per heavy atom. The summed E-state index contributed by atoms with van der Waals surface area (Å²) in [6, 6.07) is 9.71. The maximum Gasteiger partial charge on any atom is 0.263 e. The molecule has 4 N–H and O–H groups in total. The summed E-state index contributed by atoms with van der Waals surface area (Å²) in [7, 11) is 0. The fourth-order valence-electron chi connectivity index (χ4n) is 8.67. The van der Waals surface area contributed by atoms with Crippen LogP contribution < -0.4 is 31.7 Å². The molecule has 5 heterocycles. The molecule has 2 amide bonds. The number of nitrogens with one attached hydrogen (secondary N) is 4. The molecule has 334 valence electrons. The van der Waals surface area contributed by atoms with Crippen molar-refractivity contribution >= 4 is 68.2 Å². The Labute approximate surface area is 373 Å². The van der Waals surface area contributed by atoms with Crippen LogP contribution in [-0.4, -0.2) is 92.8 Å². The number of aryl methyl sites for hydroxylation is 3. The van der Waals surface area contributed by atoms with Gasteiger partial charge in [-0.2, -0.15) is 4.98 Å². The number of piperazine rings is 1. The van der Waals surface area contributed by atoms with Crippen LogP contribution in [0.2, 0.25) is 0 Å². The van der Waals surface area contributed by atoms with Gasteiger partial charge in [0.2, 0.25) is 11.9 Å². The lowest BCUT2D eigenvalue weighted by atomic mass is 10.0. The van der Waals surface area contributed by atoms with Gasteiger partial charge in [-0.15, -0.1) is 11.3 Å². The van der Waals surface area contributed by atoms with E-state index in [1.165, 1.54) is 18.3 Å². The van der Waals surface area contributed by atoms with Gasteiger partial charge in [0.25, 0.3) is 11.5 Å². The number of thiazole rings is 1. The van der Waals surface area contributed by atoms with E-state index in [1.54, 1.807) is 17.7 Å². The smallest absolute Gasteiger partial charge is 0.263 e. The summed E-state index contributed by atoms with van der Waals surface area (Å²) in [5.41, 5.74) is 5.61. The number of nitrogens with zero attached hydrogens (tertiary/aromatic N) is 7. The molecule has 1 saturated carbocycles. The minimum absolute atomic E-state index is 0.00984. The zero-order valence-electron chi connectivity index (χ0n) is 37.3. The summed E-state index contributed by atoms with van der Waals surface area (Å²) < 4.78 is 1.71. The number of unbranched alkanes of at least 4 members (excludes halogenated alkanes) is 5. The van der Waals surface area contributed by atoms with Crippen molar-refractivity contribution in [3.05, 3.63) is 85.9 Å². The Balaban J connectivity index is 0.767. The highest BCUT2D eigenvalue weighted by Crippen LogP contribution is 2.32. The molecule has 1 aliphatic carbocycles. The Hall–Kier alpha value is -5.74. The summed E-state index contributed by atoms with van der Waals surface area (Å²) in [4.78, 5) is 75.6. The van der Waals surface area contributed by atoms with Crippen LogP contribution in [0.1, 0.15) is 120 Å². The average Bonchev–Trinajstić information content (AvgIpc) is 3.91. The van der Waals surface area contributed by atoms with Gasteiger partial charge < -0.3 is 20.9 Å². The van der Waals surface area contributed by atoms with Crippen molar-refractivity contribution in [2.24, 2.45) is 0 Å². The minimum Gasteiger partial charge on any atom is -0.385 e. The molecule has 1 saturated heterocycles. The molecule has 5 aromatic rings. The number of hydrogen-bond donors (Lipinski definition) is 4. The maximum atomic E-state index is 13.6. The lowest BCUT2D eigenvalue weighted by molar-refractivity contribution is -0.122. The maximum absolute atomic E-state index is 13.6. The highest BCUT2D eigenvalue weighted by atomic mass is 32.1. The number of Topliss-reactive ketones (excluding diaryl/α,β-unsaturated/α-hetero) is 1. The van der Waals surface area contributed by atoms with Gasteiger partial charge in [-0.05, 0) is 95.7 Å². The molecule has 0 atom stereocenters. The lowest BCUT2D eigenvalue weighted by Crippen LogP contribution is -2.49. The molecule has 2 fully saturated rings. The summed E-state index contributed by atoms with van der Waals surface area (Å²) in [6.45, 7) is 14.3. The SMILES string of the molecule is CC(=O)c1c(C)c2cnc(Nc3ccc(N4CCN(CC(=O)NCCCCCCCCNc5cccc(C(=O)Nc6nc(C)c(C)s6)c5C)CC4)cn3)nc2n(C2CCCC2)c1=O. The van der Waals surface area contributed by atoms with Crippen molar-refractivity contribution in [1.82, 2.24) is 34.7 Å². The van der Waals surface area contributed by atoms with Crippen molar-refractivity contribution in [2.75, 3.05) is 66.7 Å². The predicted octanol–water partition coefficient (Wildman–Crippen LogP) is 7.88. The van der Waals surface area contributed by atoms with E-state index < -0.39 is 0 Å². The second kappa shape index (κ2) is 21.1. The molecule has 16 heteroatoms. The molecule has 0 radical (unpaired) electrons. The zero-order chi connectivity index (χ0) is 44.5. The van der Waals surface area contributed by atoms with Crippen LogP contribution in [0.15, 0.2) is 47.5 Å². The van der Waals surface area contributed by atoms with Gasteiger partial charge >= 0.3 is 0 Å². The van der Waals surface area contributed by atoms with Crippen molar-refractivity contribution in [3.63, 3.8) is 0 Å². The fraction of sp³-hybridized carbons (Fsp3) is 0.489. The molecule has 1 aromatic carbocycles. The van der Waals surface area contributed by atoms with E-state index in [0.29, 0.717) is 52.1 Å². The summed E-state index contributed by atoms with van der Waals surface area (Å²) in [5.74, 6) is 0.617. The largest absolute Gasteiger partial charge is 0.385 e. The van der Waals surface area contributed by atoms with Crippen LogP contribution in [0, 0.1) is 27.7 Å². The lowest BCUT2D eigenvalue weighted by Gasteiger charge is -2.35. The number of ketones is 1. The van der Waals surface area contributed by atoms with E-state index in [2.05, 4.69) is 46.0 Å². The van der Waals surface area contributed by atoms with E-state index in [9.17, 15) is 19.2 Å². The highest BCUT2D eigenvalue weighted by Gasteiger charge is 2.26. The topological polar surface area (TPSA) is 179 Å². The summed E-state index contributed by atoms with van der Waals surface area (Å²) >= 11 is 1.49. The Bertz CT molecular complexity index is 2450. The molecule has 4 aromatic heterocycles. The number of anilines is 5. The number of carbonyl (C=O) groups excluding carboxylic acids is 3. The van der Waals surface area contributed by atoms with Crippen LogP contribution in [0.5, 0.6) is 0 Å². The molecule has 1 aliphatic heterocycles. The molecular weight excluding hydrogens is 815 g/mol. The molecule has 0 spiro atoms. The van der Waals surface area contributed by atoms with Gasteiger partial charge in [0, 0.05) is 73.0 Å². The first kappa shape index (κ1) is 45.3. The van der Waals surface area contributed by atoms with Crippen molar-refractivity contribution in [3.8, 4) is 0 Å². The van der Waals surface area contributed by atoms with Gasteiger partial charge in [0.05, 0.1) is 29.7 Å². The molecule has 63 heavy (non-hydrogen) atoms. The van der Waals surface area contributed by atoms with Gasteiger partial charge in [-0.3, -0.25) is 34.0 Å². The third-order valence-electron chi connectivity index (χ3n) is 12.4.